The van der Waals surface area contributed by atoms with Gasteiger partial charge in [-0.3, -0.25) is 9.59 Å². The van der Waals surface area contributed by atoms with Gasteiger partial charge in [0.2, 0.25) is 15.9 Å². The third-order valence-corrected chi connectivity index (χ3v) is 6.18. The number of amides is 1. The highest BCUT2D eigenvalue weighted by Crippen LogP contribution is 2.16. The van der Waals surface area contributed by atoms with E-state index in [1.807, 2.05) is 30.3 Å². The van der Waals surface area contributed by atoms with Crippen LogP contribution in [-0.4, -0.2) is 44.3 Å². The van der Waals surface area contributed by atoms with Crippen molar-refractivity contribution in [1.29, 1.82) is 0 Å². The molecule has 7 nitrogen and oxygen atoms in total. The highest BCUT2D eigenvalue weighted by Gasteiger charge is 2.32. The number of hydrogen-bond acceptors (Lipinski definition) is 5. The number of carbonyl (C=O) groups is 2. The highest BCUT2D eigenvalue weighted by molar-refractivity contribution is 7.89. The summed E-state index contributed by atoms with van der Waals surface area (Å²) in [7, 11) is -3.82. The second-order valence-electron chi connectivity index (χ2n) is 6.89. The average molecular weight is 416 g/mol. The summed E-state index contributed by atoms with van der Waals surface area (Å²) in [6, 6.07) is 16.3. The largest absolute Gasteiger partial charge is 0.459 e. The van der Waals surface area contributed by atoms with E-state index in [0.29, 0.717) is 25.8 Å². The molecule has 0 saturated carbocycles. The van der Waals surface area contributed by atoms with E-state index in [2.05, 4.69) is 4.72 Å². The Morgan fingerprint density at radius 1 is 1.03 bits per heavy atom. The topological polar surface area (TPSA) is 92.8 Å². The number of nitrogens with one attached hydrogen (secondary N) is 1. The van der Waals surface area contributed by atoms with Crippen LogP contribution >= 0.6 is 0 Å². The average Bonchev–Trinajstić information content (AvgIpc) is 2.89. The fourth-order valence-electron chi connectivity index (χ4n) is 3.17. The zero-order valence-electron chi connectivity index (χ0n) is 16.0. The molecule has 1 aliphatic heterocycles. The van der Waals surface area contributed by atoms with E-state index in [9.17, 15) is 18.0 Å². The second-order valence-corrected chi connectivity index (χ2v) is 8.60. The van der Waals surface area contributed by atoms with E-state index < -0.39 is 27.9 Å². The van der Waals surface area contributed by atoms with E-state index in [1.54, 1.807) is 18.2 Å². The summed E-state index contributed by atoms with van der Waals surface area (Å²) >= 11 is 0. The lowest BCUT2D eigenvalue weighted by molar-refractivity contribution is -0.150. The van der Waals surface area contributed by atoms with Crippen molar-refractivity contribution >= 4 is 21.9 Å². The Balaban J connectivity index is 1.61. The molecule has 1 amide bonds. The van der Waals surface area contributed by atoms with Gasteiger partial charge in [-0.05, 0) is 37.0 Å². The fourth-order valence-corrected chi connectivity index (χ4v) is 4.41. The number of rotatable bonds is 7. The van der Waals surface area contributed by atoms with Crippen molar-refractivity contribution < 1.29 is 22.7 Å². The minimum absolute atomic E-state index is 0.103. The molecule has 154 valence electrons. The maximum atomic E-state index is 12.9. The summed E-state index contributed by atoms with van der Waals surface area (Å²) in [4.78, 5) is 26.5. The van der Waals surface area contributed by atoms with Crippen LogP contribution in [0.5, 0.6) is 0 Å². The first-order valence-corrected chi connectivity index (χ1v) is 11.0. The van der Waals surface area contributed by atoms with Crippen LogP contribution in [0.2, 0.25) is 0 Å². The normalized spacial score (nSPS) is 17.6. The van der Waals surface area contributed by atoms with Gasteiger partial charge in [0.15, 0.2) is 0 Å². The Bertz CT molecular complexity index is 932. The zero-order chi connectivity index (χ0) is 20.7. The molecule has 1 atom stereocenters. The van der Waals surface area contributed by atoms with E-state index in [-0.39, 0.29) is 18.0 Å². The minimum Gasteiger partial charge on any atom is -0.459 e. The molecular formula is C21H24N2O5S. The first-order valence-electron chi connectivity index (χ1n) is 9.51. The number of ether oxygens (including phenoxy) is 1. The molecule has 3 rings (SSSR count). The molecule has 2 aromatic rings. The molecular weight excluding hydrogens is 392 g/mol. The Labute approximate surface area is 170 Å². The standard InChI is InChI=1S/C21H24N2O5S/c24-20(28-16-17-9-3-1-4-10-17)15-23-14-8-7-13-19(21(23)25)22-29(26,27)18-11-5-2-6-12-18/h1-6,9-12,19,22H,7-8,13-16H2. The number of nitrogens with zero attached hydrogens (tertiary/aromatic N) is 1. The molecule has 0 spiro atoms. The van der Waals surface area contributed by atoms with Gasteiger partial charge in [0.25, 0.3) is 0 Å². The van der Waals surface area contributed by atoms with Crippen LogP contribution < -0.4 is 4.72 Å². The Kier molecular flexibility index (Phi) is 7.00. The lowest BCUT2D eigenvalue weighted by Crippen LogP contribution is -2.48. The molecule has 0 bridgehead atoms. The van der Waals surface area contributed by atoms with Crippen LogP contribution in [0, 0.1) is 0 Å². The summed E-state index contributed by atoms with van der Waals surface area (Å²) in [5.74, 6) is -0.924. The number of carbonyl (C=O) groups excluding carboxylic acids is 2. The molecule has 1 N–H and O–H groups in total. The van der Waals surface area contributed by atoms with Gasteiger partial charge >= 0.3 is 5.97 Å². The highest BCUT2D eigenvalue weighted by atomic mass is 32.2. The Morgan fingerprint density at radius 3 is 2.38 bits per heavy atom. The lowest BCUT2D eigenvalue weighted by atomic mass is 10.1. The zero-order valence-corrected chi connectivity index (χ0v) is 16.8. The van der Waals surface area contributed by atoms with Crippen molar-refractivity contribution in [3.05, 3.63) is 66.2 Å². The van der Waals surface area contributed by atoms with E-state index in [0.717, 1.165) is 5.56 Å². The van der Waals surface area contributed by atoms with E-state index in [4.69, 9.17) is 4.74 Å². The molecule has 2 aromatic carbocycles. The van der Waals surface area contributed by atoms with Gasteiger partial charge in [-0.1, -0.05) is 48.5 Å². The molecule has 29 heavy (non-hydrogen) atoms. The fraction of sp³-hybridized carbons (Fsp3) is 0.333. The quantitative estimate of drug-likeness (QED) is 0.698. The summed E-state index contributed by atoms with van der Waals surface area (Å²) in [5.41, 5.74) is 0.858. The smallest absolute Gasteiger partial charge is 0.325 e. The maximum Gasteiger partial charge on any atom is 0.325 e. The molecule has 1 saturated heterocycles. The van der Waals surface area contributed by atoms with Gasteiger partial charge in [-0.25, -0.2) is 8.42 Å². The summed E-state index contributed by atoms with van der Waals surface area (Å²) in [6.45, 7) is 0.323. The van der Waals surface area contributed by atoms with Gasteiger partial charge in [-0.15, -0.1) is 0 Å². The maximum absolute atomic E-state index is 12.9. The molecule has 0 aromatic heterocycles. The molecule has 1 heterocycles. The van der Waals surface area contributed by atoms with E-state index >= 15 is 0 Å². The van der Waals surface area contributed by atoms with Crippen molar-refractivity contribution in [1.82, 2.24) is 9.62 Å². The van der Waals surface area contributed by atoms with Crippen LogP contribution in [0.25, 0.3) is 0 Å². The SMILES string of the molecule is O=C(CN1CCCCC(NS(=O)(=O)c2ccccc2)C1=O)OCc1ccccc1. The predicted molar refractivity (Wildman–Crippen MR) is 107 cm³/mol. The molecule has 0 radical (unpaired) electrons. The van der Waals surface area contributed by atoms with Crippen molar-refractivity contribution in [2.75, 3.05) is 13.1 Å². The first kappa shape index (κ1) is 21.0. The number of esters is 1. The summed E-state index contributed by atoms with van der Waals surface area (Å²) in [6.07, 6.45) is 1.77. The van der Waals surface area contributed by atoms with Crippen molar-refractivity contribution in [3.63, 3.8) is 0 Å². The van der Waals surface area contributed by atoms with Gasteiger partial charge in [0.1, 0.15) is 19.2 Å². The molecule has 0 aliphatic carbocycles. The molecule has 1 unspecified atom stereocenters. The van der Waals surface area contributed by atoms with Crippen LogP contribution in [0.3, 0.4) is 0 Å². The van der Waals surface area contributed by atoms with E-state index in [1.165, 1.54) is 17.0 Å². The summed E-state index contributed by atoms with van der Waals surface area (Å²) in [5, 5.41) is 0. The van der Waals surface area contributed by atoms with Gasteiger partial charge in [0, 0.05) is 6.54 Å². The van der Waals surface area contributed by atoms with Crippen molar-refractivity contribution in [2.45, 2.75) is 36.8 Å². The van der Waals surface area contributed by atoms with Crippen LogP contribution in [0.4, 0.5) is 0 Å². The molecule has 1 fully saturated rings. The Hall–Kier alpha value is -2.71. The van der Waals surface area contributed by atoms with Crippen LogP contribution in [-0.2, 0) is 31.0 Å². The number of likely N-dealkylation sites (tertiary alicyclic amines) is 1. The molecule has 8 heteroatoms. The van der Waals surface area contributed by atoms with Gasteiger partial charge in [-0.2, -0.15) is 4.72 Å². The minimum atomic E-state index is -3.82. The first-order chi connectivity index (χ1) is 14.0. The van der Waals surface area contributed by atoms with Crippen LogP contribution in [0.15, 0.2) is 65.6 Å². The lowest BCUT2D eigenvalue weighted by Gasteiger charge is -2.24. The molecule has 1 aliphatic rings. The third-order valence-electron chi connectivity index (χ3n) is 4.69. The van der Waals surface area contributed by atoms with Gasteiger partial charge in [0.05, 0.1) is 4.90 Å². The number of sulfonamides is 1. The number of benzene rings is 2. The van der Waals surface area contributed by atoms with Crippen LogP contribution in [0.1, 0.15) is 24.8 Å². The number of hydrogen-bond donors (Lipinski definition) is 1. The van der Waals surface area contributed by atoms with Crippen molar-refractivity contribution in [2.24, 2.45) is 0 Å². The van der Waals surface area contributed by atoms with Gasteiger partial charge < -0.3 is 9.64 Å². The summed E-state index contributed by atoms with van der Waals surface area (Å²) < 4.78 is 32.9. The Morgan fingerprint density at radius 2 is 1.69 bits per heavy atom. The third kappa shape index (κ3) is 5.88. The second kappa shape index (κ2) is 9.67. The van der Waals surface area contributed by atoms with Crippen molar-refractivity contribution in [3.8, 4) is 0 Å². The monoisotopic (exact) mass is 416 g/mol. The predicted octanol–water partition coefficient (Wildman–Crippen LogP) is 2.09.